The fourth-order valence-electron chi connectivity index (χ4n) is 1.63. The van der Waals surface area contributed by atoms with Crippen molar-refractivity contribution in [3.8, 4) is 0 Å². The van der Waals surface area contributed by atoms with E-state index < -0.39 is 0 Å². The fraction of sp³-hybridized carbons (Fsp3) is 0.364. The first-order chi connectivity index (χ1) is 6.86. The molecule has 2 heterocycles. The fourth-order valence-corrected chi connectivity index (χ4v) is 1.63. The monoisotopic (exact) mass is 187 g/mol. The van der Waals surface area contributed by atoms with Crippen molar-refractivity contribution in [3.05, 3.63) is 29.8 Å². The summed E-state index contributed by atoms with van der Waals surface area (Å²) in [5, 5.41) is 10.8. The predicted molar refractivity (Wildman–Crippen MR) is 56.1 cm³/mol. The summed E-state index contributed by atoms with van der Waals surface area (Å²) in [5.41, 5.74) is 2.09. The van der Waals surface area contributed by atoms with Gasteiger partial charge < -0.3 is 0 Å². The molecule has 0 aliphatic rings. The van der Waals surface area contributed by atoms with Gasteiger partial charge in [0.15, 0.2) is 0 Å². The second kappa shape index (κ2) is 3.70. The van der Waals surface area contributed by atoms with Gasteiger partial charge in [0.25, 0.3) is 0 Å². The van der Waals surface area contributed by atoms with Crippen LogP contribution in [0, 0.1) is 0 Å². The molecule has 0 aliphatic heterocycles. The Morgan fingerprint density at radius 3 is 2.29 bits per heavy atom. The normalized spacial score (nSPS) is 10.7. The zero-order valence-corrected chi connectivity index (χ0v) is 8.49. The summed E-state index contributed by atoms with van der Waals surface area (Å²) >= 11 is 0. The molecule has 2 rings (SSSR count). The van der Waals surface area contributed by atoms with Gasteiger partial charge in [-0.3, -0.25) is 4.98 Å². The van der Waals surface area contributed by atoms with E-state index >= 15 is 0 Å². The average molecular weight is 187 g/mol. The maximum absolute atomic E-state index is 4.22. The molecule has 0 amide bonds. The van der Waals surface area contributed by atoms with Gasteiger partial charge in [-0.1, -0.05) is 13.8 Å². The first-order valence-electron chi connectivity index (χ1n) is 4.95. The Balaban J connectivity index is 2.78. The Morgan fingerprint density at radius 1 is 1.00 bits per heavy atom. The molecule has 0 aromatic carbocycles. The van der Waals surface area contributed by atoms with Gasteiger partial charge in [-0.25, -0.2) is 0 Å². The molecule has 14 heavy (non-hydrogen) atoms. The van der Waals surface area contributed by atoms with Crippen molar-refractivity contribution >= 4 is 10.8 Å². The van der Waals surface area contributed by atoms with Crippen molar-refractivity contribution < 1.29 is 0 Å². The van der Waals surface area contributed by atoms with Crippen molar-refractivity contribution in [2.24, 2.45) is 0 Å². The van der Waals surface area contributed by atoms with Crippen LogP contribution < -0.4 is 0 Å². The number of hydrogen-bond acceptors (Lipinski definition) is 3. The molecule has 72 valence electrons. The lowest BCUT2D eigenvalue weighted by atomic mass is 10.1. The number of fused-ring (bicyclic) bond motifs is 1. The van der Waals surface area contributed by atoms with Crippen molar-refractivity contribution in [1.82, 2.24) is 15.2 Å². The van der Waals surface area contributed by atoms with Crippen LogP contribution in [0.25, 0.3) is 10.8 Å². The van der Waals surface area contributed by atoms with Crippen LogP contribution in [0.1, 0.15) is 25.2 Å². The third-order valence-corrected chi connectivity index (χ3v) is 2.40. The predicted octanol–water partition coefficient (Wildman–Crippen LogP) is 2.15. The lowest BCUT2D eigenvalue weighted by Gasteiger charge is -2.05. The van der Waals surface area contributed by atoms with Gasteiger partial charge in [0, 0.05) is 23.2 Å². The van der Waals surface area contributed by atoms with Gasteiger partial charge in [-0.05, 0) is 18.9 Å². The van der Waals surface area contributed by atoms with E-state index in [0.717, 1.165) is 29.6 Å². The highest BCUT2D eigenvalue weighted by Gasteiger charge is 2.05. The number of aromatic nitrogens is 3. The summed E-state index contributed by atoms with van der Waals surface area (Å²) in [7, 11) is 0. The maximum atomic E-state index is 4.22. The smallest absolute Gasteiger partial charge is 0.0722 e. The van der Waals surface area contributed by atoms with E-state index in [-0.39, 0.29) is 0 Å². The molecule has 0 saturated heterocycles. The van der Waals surface area contributed by atoms with Crippen LogP contribution in [0.15, 0.2) is 18.5 Å². The molecule has 0 atom stereocenters. The van der Waals surface area contributed by atoms with Crippen LogP contribution in [0.5, 0.6) is 0 Å². The van der Waals surface area contributed by atoms with Crippen LogP contribution in [-0.4, -0.2) is 15.2 Å². The average Bonchev–Trinajstić information content (AvgIpc) is 2.27. The molecule has 3 heteroatoms. The van der Waals surface area contributed by atoms with Crippen molar-refractivity contribution in [3.63, 3.8) is 0 Å². The molecular weight excluding hydrogens is 174 g/mol. The number of hydrogen-bond donors (Lipinski definition) is 0. The number of rotatable bonds is 2. The van der Waals surface area contributed by atoms with Crippen LogP contribution >= 0.6 is 0 Å². The molecule has 2 aromatic heterocycles. The first-order valence-corrected chi connectivity index (χ1v) is 4.95. The van der Waals surface area contributed by atoms with E-state index in [0.29, 0.717) is 0 Å². The lowest BCUT2D eigenvalue weighted by molar-refractivity contribution is 0.883. The number of pyridine rings is 1. The largest absolute Gasteiger partial charge is 0.264 e. The zero-order valence-electron chi connectivity index (χ0n) is 8.49. The summed E-state index contributed by atoms with van der Waals surface area (Å²) in [6.07, 6.45) is 5.50. The van der Waals surface area contributed by atoms with Gasteiger partial charge in [0.2, 0.25) is 0 Å². The van der Waals surface area contributed by atoms with E-state index in [1.165, 1.54) is 5.39 Å². The van der Waals surface area contributed by atoms with Crippen LogP contribution in [-0.2, 0) is 12.8 Å². The van der Waals surface area contributed by atoms with E-state index in [4.69, 9.17) is 0 Å². The van der Waals surface area contributed by atoms with Gasteiger partial charge >= 0.3 is 0 Å². The van der Waals surface area contributed by atoms with Gasteiger partial charge in [0.1, 0.15) is 0 Å². The molecule has 0 aliphatic carbocycles. The first kappa shape index (κ1) is 9.06. The lowest BCUT2D eigenvalue weighted by Crippen LogP contribution is -1.98. The quantitative estimate of drug-likeness (QED) is 0.723. The minimum Gasteiger partial charge on any atom is -0.264 e. The van der Waals surface area contributed by atoms with E-state index in [2.05, 4.69) is 29.0 Å². The molecule has 2 aromatic rings. The second-order valence-corrected chi connectivity index (χ2v) is 3.22. The molecule has 0 saturated carbocycles. The standard InChI is InChI=1S/C11H13N3/c1-3-10-8-5-6-12-7-9(8)11(4-2)14-13-10/h5-7H,3-4H2,1-2H3. The van der Waals surface area contributed by atoms with Gasteiger partial charge in [-0.15, -0.1) is 0 Å². The summed E-state index contributed by atoms with van der Waals surface area (Å²) in [6.45, 7) is 4.18. The molecule has 0 radical (unpaired) electrons. The second-order valence-electron chi connectivity index (χ2n) is 3.22. The Morgan fingerprint density at radius 2 is 1.64 bits per heavy atom. The maximum Gasteiger partial charge on any atom is 0.0722 e. The minimum absolute atomic E-state index is 0.902. The van der Waals surface area contributed by atoms with Crippen LogP contribution in [0.3, 0.4) is 0 Å². The molecule has 0 unspecified atom stereocenters. The van der Waals surface area contributed by atoms with E-state index in [9.17, 15) is 0 Å². The molecule has 0 bridgehead atoms. The van der Waals surface area contributed by atoms with Gasteiger partial charge in [0.05, 0.1) is 11.4 Å². The Kier molecular flexibility index (Phi) is 2.39. The van der Waals surface area contributed by atoms with E-state index in [1.807, 2.05) is 18.5 Å². The Labute approximate surface area is 83.2 Å². The minimum atomic E-state index is 0.902. The summed E-state index contributed by atoms with van der Waals surface area (Å²) in [6, 6.07) is 2.02. The molecule has 3 nitrogen and oxygen atoms in total. The van der Waals surface area contributed by atoms with Crippen LogP contribution in [0.4, 0.5) is 0 Å². The highest BCUT2D eigenvalue weighted by molar-refractivity contribution is 5.85. The number of nitrogens with zero attached hydrogens (tertiary/aromatic N) is 3. The summed E-state index contributed by atoms with van der Waals surface area (Å²) in [4.78, 5) is 4.13. The van der Waals surface area contributed by atoms with Crippen LogP contribution in [0.2, 0.25) is 0 Å². The summed E-state index contributed by atoms with van der Waals surface area (Å²) < 4.78 is 0. The van der Waals surface area contributed by atoms with Crippen molar-refractivity contribution in [1.29, 1.82) is 0 Å². The highest BCUT2D eigenvalue weighted by Crippen LogP contribution is 2.18. The topological polar surface area (TPSA) is 38.7 Å². The van der Waals surface area contributed by atoms with Crippen molar-refractivity contribution in [2.45, 2.75) is 26.7 Å². The van der Waals surface area contributed by atoms with E-state index in [1.54, 1.807) is 0 Å². The third kappa shape index (κ3) is 1.35. The Bertz CT molecular complexity index is 409. The highest BCUT2D eigenvalue weighted by atomic mass is 15.1. The SMILES string of the molecule is CCc1nnc(CC)c2cnccc12. The molecule has 0 spiro atoms. The number of aryl methyl sites for hydroxylation is 2. The van der Waals surface area contributed by atoms with Gasteiger partial charge in [-0.2, -0.15) is 10.2 Å². The molecule has 0 fully saturated rings. The summed E-state index contributed by atoms with van der Waals surface area (Å²) in [5.74, 6) is 0. The van der Waals surface area contributed by atoms with Crippen molar-refractivity contribution in [2.75, 3.05) is 0 Å². The molecule has 0 N–H and O–H groups in total. The Hall–Kier alpha value is -1.51. The third-order valence-electron chi connectivity index (χ3n) is 2.40. The molecular formula is C11H13N3. The zero-order chi connectivity index (χ0) is 9.97.